The van der Waals surface area contributed by atoms with Crippen molar-refractivity contribution < 1.29 is 24.1 Å². The van der Waals surface area contributed by atoms with E-state index in [0.29, 0.717) is 19.6 Å². The Kier molecular flexibility index (Phi) is 15.3. The molecule has 0 aliphatic carbocycles. The van der Waals surface area contributed by atoms with Crippen LogP contribution in [0.1, 0.15) is 86.5 Å². The second kappa shape index (κ2) is 17.2. The zero-order valence-corrected chi connectivity index (χ0v) is 20.2. The number of unbranched alkanes of at least 4 members (excludes halogenated alkanes) is 8. The van der Waals surface area contributed by atoms with E-state index in [4.69, 9.17) is 19.3 Å². The van der Waals surface area contributed by atoms with E-state index in [9.17, 15) is 4.79 Å². The summed E-state index contributed by atoms with van der Waals surface area (Å²) in [6, 6.07) is 4.28. The number of esters is 1. The number of aliphatic hydroxyl groups excluding tert-OH is 1. The number of aryl methyl sites for hydroxylation is 3. The molecule has 0 heterocycles. The van der Waals surface area contributed by atoms with Crippen molar-refractivity contribution in [2.75, 3.05) is 26.9 Å². The SMILES string of the molecule is CO[C@H](CO)COCCCCCCCCCCCC(=O)OCc1c(C)cc(C)cc1C. The van der Waals surface area contributed by atoms with Crippen molar-refractivity contribution in [3.8, 4) is 0 Å². The van der Waals surface area contributed by atoms with E-state index in [2.05, 4.69) is 32.9 Å². The quantitative estimate of drug-likeness (QED) is 0.240. The highest BCUT2D eigenvalue weighted by Crippen LogP contribution is 2.18. The highest BCUT2D eigenvalue weighted by Gasteiger charge is 2.08. The summed E-state index contributed by atoms with van der Waals surface area (Å²) >= 11 is 0. The van der Waals surface area contributed by atoms with E-state index >= 15 is 0 Å². The lowest BCUT2D eigenvalue weighted by Gasteiger charge is -2.12. The van der Waals surface area contributed by atoms with Crippen LogP contribution in [0.3, 0.4) is 0 Å². The first kappa shape index (κ1) is 27.6. The predicted molar refractivity (Wildman–Crippen MR) is 125 cm³/mol. The zero-order chi connectivity index (χ0) is 22.9. The first-order valence-corrected chi connectivity index (χ1v) is 11.9. The molecule has 0 spiro atoms. The fraction of sp³-hybridized carbons (Fsp3) is 0.731. The molecule has 31 heavy (non-hydrogen) atoms. The van der Waals surface area contributed by atoms with Gasteiger partial charge in [-0.1, -0.05) is 62.6 Å². The minimum Gasteiger partial charge on any atom is -0.461 e. The van der Waals surface area contributed by atoms with Crippen LogP contribution >= 0.6 is 0 Å². The number of methoxy groups -OCH3 is 1. The van der Waals surface area contributed by atoms with Gasteiger partial charge in [0, 0.05) is 20.1 Å². The fourth-order valence-corrected chi connectivity index (χ4v) is 3.78. The van der Waals surface area contributed by atoms with Crippen LogP contribution in [0.4, 0.5) is 0 Å². The number of hydrogen-bond donors (Lipinski definition) is 1. The highest BCUT2D eigenvalue weighted by atomic mass is 16.5. The van der Waals surface area contributed by atoms with Crippen molar-refractivity contribution in [2.45, 2.75) is 97.7 Å². The zero-order valence-electron chi connectivity index (χ0n) is 20.2. The number of benzene rings is 1. The van der Waals surface area contributed by atoms with Crippen molar-refractivity contribution in [1.29, 1.82) is 0 Å². The van der Waals surface area contributed by atoms with Gasteiger partial charge in [0.1, 0.15) is 12.7 Å². The van der Waals surface area contributed by atoms with E-state index in [-0.39, 0.29) is 18.7 Å². The van der Waals surface area contributed by atoms with Crippen LogP contribution in [0.2, 0.25) is 0 Å². The minimum absolute atomic E-state index is 0.00447. The molecule has 1 rings (SSSR count). The second-order valence-electron chi connectivity index (χ2n) is 8.59. The van der Waals surface area contributed by atoms with Crippen LogP contribution in [-0.2, 0) is 25.6 Å². The third-order valence-electron chi connectivity index (χ3n) is 5.73. The van der Waals surface area contributed by atoms with E-state index < -0.39 is 0 Å². The normalized spacial score (nSPS) is 12.2. The maximum absolute atomic E-state index is 12.0. The van der Waals surface area contributed by atoms with Crippen molar-refractivity contribution in [1.82, 2.24) is 0 Å². The topological polar surface area (TPSA) is 65.0 Å². The Bertz CT molecular complexity index is 587. The van der Waals surface area contributed by atoms with Gasteiger partial charge in [-0.2, -0.15) is 0 Å². The molecule has 1 atom stereocenters. The van der Waals surface area contributed by atoms with Gasteiger partial charge < -0.3 is 19.3 Å². The Morgan fingerprint density at radius 2 is 1.45 bits per heavy atom. The summed E-state index contributed by atoms with van der Waals surface area (Å²) in [5.41, 5.74) is 4.77. The molecule has 0 unspecified atom stereocenters. The molecule has 5 nitrogen and oxygen atoms in total. The monoisotopic (exact) mass is 436 g/mol. The van der Waals surface area contributed by atoms with Gasteiger partial charge in [0.05, 0.1) is 13.2 Å². The summed E-state index contributed by atoms with van der Waals surface area (Å²) in [4.78, 5) is 12.0. The third-order valence-corrected chi connectivity index (χ3v) is 5.73. The molecule has 1 N–H and O–H groups in total. The molecule has 0 aliphatic rings. The van der Waals surface area contributed by atoms with Crippen LogP contribution < -0.4 is 0 Å². The lowest BCUT2D eigenvalue weighted by atomic mass is 10.0. The number of carbonyl (C=O) groups is 1. The van der Waals surface area contributed by atoms with Crippen molar-refractivity contribution in [3.05, 3.63) is 34.4 Å². The molecule has 0 amide bonds. The number of carbonyl (C=O) groups excluding carboxylic acids is 1. The molecule has 1 aromatic rings. The highest BCUT2D eigenvalue weighted by molar-refractivity contribution is 5.69. The molecule has 0 aromatic heterocycles. The number of rotatable bonds is 18. The summed E-state index contributed by atoms with van der Waals surface area (Å²) in [5, 5.41) is 9.00. The summed E-state index contributed by atoms with van der Waals surface area (Å²) in [5.74, 6) is -0.0857. The largest absolute Gasteiger partial charge is 0.461 e. The van der Waals surface area contributed by atoms with Crippen molar-refractivity contribution in [3.63, 3.8) is 0 Å². The first-order chi connectivity index (χ1) is 15.0. The fourth-order valence-electron chi connectivity index (χ4n) is 3.78. The lowest BCUT2D eigenvalue weighted by Crippen LogP contribution is -2.22. The summed E-state index contributed by atoms with van der Waals surface area (Å²) in [7, 11) is 1.59. The van der Waals surface area contributed by atoms with Gasteiger partial charge in [-0.15, -0.1) is 0 Å². The Hall–Kier alpha value is -1.43. The van der Waals surface area contributed by atoms with Gasteiger partial charge in [0.25, 0.3) is 0 Å². The molecular weight excluding hydrogens is 392 g/mol. The van der Waals surface area contributed by atoms with Gasteiger partial charge in [-0.3, -0.25) is 4.79 Å². The number of hydrogen-bond acceptors (Lipinski definition) is 5. The van der Waals surface area contributed by atoms with Gasteiger partial charge in [-0.05, 0) is 50.3 Å². The van der Waals surface area contributed by atoms with Crippen molar-refractivity contribution in [2.24, 2.45) is 0 Å². The lowest BCUT2D eigenvalue weighted by molar-refractivity contribution is -0.145. The van der Waals surface area contributed by atoms with E-state index in [1.165, 1.54) is 55.2 Å². The van der Waals surface area contributed by atoms with Crippen LogP contribution in [-0.4, -0.2) is 44.1 Å². The summed E-state index contributed by atoms with van der Waals surface area (Å²) in [6.07, 6.45) is 10.7. The Balaban J connectivity index is 1.92. The Morgan fingerprint density at radius 3 is 2.00 bits per heavy atom. The molecule has 1 aromatic carbocycles. The van der Waals surface area contributed by atoms with Crippen LogP contribution in [0.25, 0.3) is 0 Å². The number of aliphatic hydroxyl groups is 1. The van der Waals surface area contributed by atoms with Gasteiger partial charge in [0.15, 0.2) is 0 Å². The van der Waals surface area contributed by atoms with Crippen LogP contribution in [0.15, 0.2) is 12.1 Å². The van der Waals surface area contributed by atoms with Gasteiger partial charge in [0.2, 0.25) is 0 Å². The minimum atomic E-state index is -0.205. The molecule has 0 saturated carbocycles. The molecule has 0 bridgehead atoms. The Labute approximate surface area is 189 Å². The maximum atomic E-state index is 12.0. The average Bonchev–Trinajstić information content (AvgIpc) is 2.73. The Morgan fingerprint density at radius 1 is 0.903 bits per heavy atom. The second-order valence-corrected chi connectivity index (χ2v) is 8.59. The molecule has 0 fully saturated rings. The smallest absolute Gasteiger partial charge is 0.306 e. The third kappa shape index (κ3) is 12.9. The molecule has 0 aliphatic heterocycles. The molecule has 0 radical (unpaired) electrons. The summed E-state index contributed by atoms with van der Waals surface area (Å²) < 4.78 is 16.0. The number of ether oxygens (including phenoxy) is 3. The van der Waals surface area contributed by atoms with Crippen molar-refractivity contribution >= 4 is 5.97 Å². The first-order valence-electron chi connectivity index (χ1n) is 11.9. The van der Waals surface area contributed by atoms with E-state index in [1.54, 1.807) is 7.11 Å². The van der Waals surface area contributed by atoms with E-state index in [1.807, 2.05) is 0 Å². The predicted octanol–water partition coefficient (Wildman–Crippen LogP) is 5.58. The molecule has 5 heteroatoms. The standard InChI is InChI=1S/C26H44O5/c1-21-16-22(2)25(23(3)17-21)20-31-26(28)14-12-10-8-6-5-7-9-11-13-15-30-19-24(18-27)29-4/h16-17,24,27H,5-15,18-20H2,1-4H3/t24-/m1/s1. The summed E-state index contributed by atoms with van der Waals surface area (Å²) in [6.45, 7) is 7.83. The van der Waals surface area contributed by atoms with Gasteiger partial charge in [-0.25, -0.2) is 0 Å². The average molecular weight is 437 g/mol. The van der Waals surface area contributed by atoms with Crippen LogP contribution in [0.5, 0.6) is 0 Å². The van der Waals surface area contributed by atoms with Crippen LogP contribution in [0, 0.1) is 20.8 Å². The molecular formula is C26H44O5. The van der Waals surface area contributed by atoms with Gasteiger partial charge >= 0.3 is 5.97 Å². The molecule has 178 valence electrons. The maximum Gasteiger partial charge on any atom is 0.306 e. The molecule has 0 saturated heterocycles. The van der Waals surface area contributed by atoms with E-state index in [0.717, 1.165) is 31.4 Å².